The van der Waals surface area contributed by atoms with Crippen LogP contribution in [-0.2, 0) is 4.79 Å². The fraction of sp³-hybridized carbons (Fsp3) is 0.562. The number of carbonyl (C=O) groups is 1. The van der Waals surface area contributed by atoms with Gasteiger partial charge in [-0.1, -0.05) is 37.3 Å². The van der Waals surface area contributed by atoms with E-state index in [0.717, 1.165) is 25.2 Å². The summed E-state index contributed by atoms with van der Waals surface area (Å²) in [7, 11) is 1.86. The maximum Gasteiger partial charge on any atom is 0.243 e. The highest BCUT2D eigenvalue weighted by Gasteiger charge is 2.27. The molecule has 1 fully saturated rings. The molecule has 2 unspecified atom stereocenters. The van der Waals surface area contributed by atoms with Crippen molar-refractivity contribution < 1.29 is 4.79 Å². The smallest absolute Gasteiger partial charge is 0.243 e. The average Bonchev–Trinajstić information content (AvgIpc) is 2.93. The first-order valence-corrected chi connectivity index (χ1v) is 7.43. The molecule has 0 bridgehead atoms. The summed E-state index contributed by atoms with van der Waals surface area (Å²) in [4.78, 5) is 16.6. The van der Waals surface area contributed by atoms with Gasteiger partial charge in [-0.25, -0.2) is 0 Å². The van der Waals surface area contributed by atoms with Gasteiger partial charge in [-0.2, -0.15) is 0 Å². The number of nitrogens with zero attached hydrogens (tertiary/aromatic N) is 2. The lowest BCUT2D eigenvalue weighted by molar-refractivity contribution is -0.132. The second-order valence-electron chi connectivity index (χ2n) is 5.53. The van der Waals surface area contributed by atoms with E-state index in [2.05, 4.69) is 11.8 Å². The number of amides is 1. The van der Waals surface area contributed by atoms with Crippen molar-refractivity contribution in [2.24, 2.45) is 5.73 Å². The molecule has 1 saturated heterocycles. The molecule has 1 aliphatic rings. The first kappa shape index (κ1) is 15.0. The van der Waals surface area contributed by atoms with E-state index in [9.17, 15) is 4.79 Å². The van der Waals surface area contributed by atoms with Gasteiger partial charge in [-0.15, -0.1) is 0 Å². The van der Waals surface area contributed by atoms with Gasteiger partial charge in [0.15, 0.2) is 0 Å². The van der Waals surface area contributed by atoms with Crippen molar-refractivity contribution in [1.29, 1.82) is 0 Å². The summed E-state index contributed by atoms with van der Waals surface area (Å²) >= 11 is 0. The quantitative estimate of drug-likeness (QED) is 0.888. The predicted octanol–water partition coefficient (Wildman–Crippen LogP) is 1.63. The molecule has 110 valence electrons. The Balaban J connectivity index is 1.95. The van der Waals surface area contributed by atoms with Crippen LogP contribution >= 0.6 is 0 Å². The Morgan fingerprint density at radius 1 is 1.45 bits per heavy atom. The van der Waals surface area contributed by atoms with Gasteiger partial charge in [0, 0.05) is 19.6 Å². The second-order valence-corrected chi connectivity index (χ2v) is 5.53. The van der Waals surface area contributed by atoms with Gasteiger partial charge < -0.3 is 10.6 Å². The van der Waals surface area contributed by atoms with Crippen LogP contribution in [0.1, 0.15) is 31.4 Å². The van der Waals surface area contributed by atoms with Crippen LogP contribution in [0, 0.1) is 0 Å². The number of hydrogen-bond donors (Lipinski definition) is 1. The normalized spacial score (nSPS) is 20.9. The third kappa shape index (κ3) is 3.38. The van der Waals surface area contributed by atoms with Crippen LogP contribution in [0.15, 0.2) is 30.3 Å². The van der Waals surface area contributed by atoms with Crippen molar-refractivity contribution in [2.45, 2.75) is 31.8 Å². The fourth-order valence-corrected chi connectivity index (χ4v) is 2.96. The van der Waals surface area contributed by atoms with Crippen molar-refractivity contribution in [2.75, 3.05) is 26.7 Å². The molecule has 0 aliphatic carbocycles. The van der Waals surface area contributed by atoms with Crippen LogP contribution in [-0.4, -0.2) is 48.4 Å². The van der Waals surface area contributed by atoms with E-state index in [1.165, 1.54) is 12.8 Å². The van der Waals surface area contributed by atoms with E-state index in [1.54, 1.807) is 4.90 Å². The zero-order chi connectivity index (χ0) is 14.5. The van der Waals surface area contributed by atoms with E-state index in [0.29, 0.717) is 6.04 Å². The number of nitrogens with two attached hydrogens (primary N) is 1. The number of likely N-dealkylation sites (N-methyl/N-ethyl adjacent to an activating group) is 2. The largest absolute Gasteiger partial charge is 0.343 e. The molecule has 4 heteroatoms. The van der Waals surface area contributed by atoms with Gasteiger partial charge in [0.2, 0.25) is 5.91 Å². The second kappa shape index (κ2) is 6.86. The Hall–Kier alpha value is -1.39. The van der Waals surface area contributed by atoms with Crippen LogP contribution in [0.5, 0.6) is 0 Å². The lowest BCUT2D eigenvalue weighted by Gasteiger charge is -2.29. The summed E-state index contributed by atoms with van der Waals surface area (Å²) in [6.45, 7) is 5.15. The molecule has 2 rings (SSSR count). The molecule has 2 atom stereocenters. The molecule has 20 heavy (non-hydrogen) atoms. The van der Waals surface area contributed by atoms with Crippen LogP contribution in [0.2, 0.25) is 0 Å². The standard InChI is InChI=1S/C16H25N3O/c1-3-19-11-7-10-14(19)12-18(2)16(20)15(17)13-8-5-4-6-9-13/h4-6,8-9,14-15H,3,7,10-12,17H2,1-2H3. The summed E-state index contributed by atoms with van der Waals surface area (Å²) in [6.07, 6.45) is 2.40. The maximum absolute atomic E-state index is 12.4. The molecule has 0 spiro atoms. The molecule has 1 amide bonds. The van der Waals surface area contributed by atoms with Gasteiger partial charge in [-0.05, 0) is 31.5 Å². The fourth-order valence-electron chi connectivity index (χ4n) is 2.96. The minimum absolute atomic E-state index is 0.000784. The summed E-state index contributed by atoms with van der Waals surface area (Å²) in [6, 6.07) is 9.50. The Morgan fingerprint density at radius 3 is 2.80 bits per heavy atom. The number of likely N-dealkylation sites (tertiary alicyclic amines) is 1. The average molecular weight is 275 g/mol. The van der Waals surface area contributed by atoms with Crippen molar-refractivity contribution in [1.82, 2.24) is 9.80 Å². The highest BCUT2D eigenvalue weighted by atomic mass is 16.2. The minimum Gasteiger partial charge on any atom is -0.343 e. The molecule has 1 aliphatic heterocycles. The predicted molar refractivity (Wildman–Crippen MR) is 81.3 cm³/mol. The van der Waals surface area contributed by atoms with Gasteiger partial charge >= 0.3 is 0 Å². The van der Waals surface area contributed by atoms with Gasteiger partial charge in [0.25, 0.3) is 0 Å². The van der Waals surface area contributed by atoms with E-state index in [1.807, 2.05) is 37.4 Å². The van der Waals surface area contributed by atoms with Crippen molar-refractivity contribution >= 4 is 5.91 Å². The summed E-state index contributed by atoms with van der Waals surface area (Å²) < 4.78 is 0. The number of hydrogen-bond acceptors (Lipinski definition) is 3. The number of benzene rings is 1. The van der Waals surface area contributed by atoms with Gasteiger partial charge in [0.05, 0.1) is 0 Å². The highest BCUT2D eigenvalue weighted by Crippen LogP contribution is 2.19. The molecule has 4 nitrogen and oxygen atoms in total. The third-order valence-electron chi connectivity index (χ3n) is 4.19. The molecule has 1 aromatic rings. The molecule has 2 N–H and O–H groups in total. The molecule has 0 aromatic heterocycles. The van der Waals surface area contributed by atoms with E-state index >= 15 is 0 Å². The first-order chi connectivity index (χ1) is 9.63. The van der Waals surface area contributed by atoms with E-state index in [4.69, 9.17) is 5.73 Å². The summed E-state index contributed by atoms with van der Waals surface area (Å²) in [5, 5.41) is 0. The van der Waals surface area contributed by atoms with Gasteiger partial charge in [0.1, 0.15) is 6.04 Å². The van der Waals surface area contributed by atoms with E-state index < -0.39 is 6.04 Å². The van der Waals surface area contributed by atoms with Crippen molar-refractivity contribution in [3.63, 3.8) is 0 Å². The Bertz CT molecular complexity index is 435. The maximum atomic E-state index is 12.4. The number of rotatable bonds is 5. The van der Waals surface area contributed by atoms with Crippen LogP contribution in [0.3, 0.4) is 0 Å². The highest BCUT2D eigenvalue weighted by molar-refractivity contribution is 5.82. The van der Waals surface area contributed by atoms with Crippen LogP contribution < -0.4 is 5.73 Å². The summed E-state index contributed by atoms with van der Waals surface area (Å²) in [5.41, 5.74) is 6.95. The summed E-state index contributed by atoms with van der Waals surface area (Å²) in [5.74, 6) is -0.000784. The molecule has 1 heterocycles. The SMILES string of the molecule is CCN1CCCC1CN(C)C(=O)C(N)c1ccccc1. The Morgan fingerprint density at radius 2 is 2.15 bits per heavy atom. The van der Waals surface area contributed by atoms with Crippen molar-refractivity contribution in [3.05, 3.63) is 35.9 Å². The minimum atomic E-state index is -0.558. The van der Waals surface area contributed by atoms with Crippen LogP contribution in [0.25, 0.3) is 0 Å². The lowest BCUT2D eigenvalue weighted by Crippen LogP contribution is -2.44. The lowest BCUT2D eigenvalue weighted by atomic mass is 10.1. The molecular weight excluding hydrogens is 250 g/mol. The Labute approximate surface area is 121 Å². The third-order valence-corrected chi connectivity index (χ3v) is 4.19. The molecule has 0 saturated carbocycles. The molecule has 0 radical (unpaired) electrons. The van der Waals surface area contributed by atoms with E-state index in [-0.39, 0.29) is 5.91 Å². The Kier molecular flexibility index (Phi) is 5.15. The van der Waals surface area contributed by atoms with Crippen molar-refractivity contribution in [3.8, 4) is 0 Å². The van der Waals surface area contributed by atoms with Gasteiger partial charge in [-0.3, -0.25) is 9.69 Å². The van der Waals surface area contributed by atoms with Crippen LogP contribution in [0.4, 0.5) is 0 Å². The zero-order valence-corrected chi connectivity index (χ0v) is 12.5. The molecular formula is C16H25N3O. The monoisotopic (exact) mass is 275 g/mol. The number of carbonyl (C=O) groups excluding carboxylic acids is 1. The zero-order valence-electron chi connectivity index (χ0n) is 12.5. The molecule has 1 aromatic carbocycles. The topological polar surface area (TPSA) is 49.6 Å². The first-order valence-electron chi connectivity index (χ1n) is 7.43.